The van der Waals surface area contributed by atoms with E-state index in [1.807, 2.05) is 0 Å². The van der Waals surface area contributed by atoms with Crippen LogP contribution in [-0.2, 0) is 11.1 Å². The van der Waals surface area contributed by atoms with E-state index in [9.17, 15) is 0 Å². The number of fused-ring (bicyclic) bond motifs is 3. The standard InChI is InChI=1S/C33H42BN6/c1-31(2,3)35-22-38(28-19-13-10-16-25(28)35)34(39-23-36(32(4,5)6)26-17-11-14-20-29(26)39)40-24-37(33(7,8)9)27-18-12-15-21-30(27)40/h10-24H,1-9H3/q+3. The van der Waals surface area contributed by atoms with Crippen molar-refractivity contribution in [2.75, 3.05) is 0 Å². The van der Waals surface area contributed by atoms with Crippen LogP contribution in [0.2, 0.25) is 0 Å². The Hall–Kier alpha value is -3.71. The van der Waals surface area contributed by atoms with Crippen molar-refractivity contribution in [3.05, 3.63) is 85.5 Å². The Kier molecular flexibility index (Phi) is 5.90. The molecule has 1 aliphatic rings. The van der Waals surface area contributed by atoms with Crippen LogP contribution in [0.4, 0.5) is 11.4 Å². The van der Waals surface area contributed by atoms with Gasteiger partial charge in [0.2, 0.25) is 18.3 Å². The van der Waals surface area contributed by atoms with Gasteiger partial charge in [0.25, 0.3) is 5.69 Å². The van der Waals surface area contributed by atoms with Crippen LogP contribution in [0, 0.1) is 0 Å². The van der Waals surface area contributed by atoms with Crippen LogP contribution in [0.25, 0.3) is 22.1 Å². The first-order valence-corrected chi connectivity index (χ1v) is 14.3. The molecule has 5 aromatic rings. The summed E-state index contributed by atoms with van der Waals surface area (Å²) in [6.45, 7) is 20.5. The maximum atomic E-state index is 2.44. The number of para-hydroxylation sites is 6. The minimum atomic E-state index is -0.185. The smallest absolute Gasteiger partial charge is 0.342 e. The molecular formula is C33H42BN6+3. The second-order valence-corrected chi connectivity index (χ2v) is 14.0. The highest BCUT2D eigenvalue weighted by atomic mass is 15.4. The molecule has 7 heteroatoms. The van der Waals surface area contributed by atoms with Gasteiger partial charge in [-0.25, -0.2) is 9.13 Å². The lowest BCUT2D eigenvalue weighted by atomic mass is 9.87. The summed E-state index contributed by atoms with van der Waals surface area (Å²) in [5.74, 6) is 0. The van der Waals surface area contributed by atoms with E-state index >= 15 is 0 Å². The predicted molar refractivity (Wildman–Crippen MR) is 165 cm³/mol. The Morgan fingerprint density at radius 3 is 1.43 bits per heavy atom. The Morgan fingerprint density at radius 1 is 0.550 bits per heavy atom. The third-order valence-electron chi connectivity index (χ3n) is 7.89. The van der Waals surface area contributed by atoms with Gasteiger partial charge < -0.3 is 8.96 Å². The zero-order valence-electron chi connectivity index (χ0n) is 25.4. The number of hydrogen-bond acceptors (Lipinski definition) is 1. The first-order chi connectivity index (χ1) is 18.8. The fourth-order valence-corrected chi connectivity index (χ4v) is 5.96. The van der Waals surface area contributed by atoms with Gasteiger partial charge in [0.1, 0.15) is 22.1 Å². The van der Waals surface area contributed by atoms with Crippen LogP contribution < -0.4 is 13.8 Å². The maximum absolute atomic E-state index is 2.44. The highest BCUT2D eigenvalue weighted by molar-refractivity contribution is 6.45. The van der Waals surface area contributed by atoms with Gasteiger partial charge in [0.15, 0.2) is 16.6 Å². The van der Waals surface area contributed by atoms with Crippen LogP contribution >= 0.6 is 0 Å². The summed E-state index contributed by atoms with van der Waals surface area (Å²) >= 11 is 0. The third-order valence-corrected chi connectivity index (χ3v) is 7.89. The maximum Gasteiger partial charge on any atom is 0.678 e. The zero-order chi connectivity index (χ0) is 28.6. The second-order valence-electron chi connectivity index (χ2n) is 14.0. The molecule has 204 valence electrons. The van der Waals surface area contributed by atoms with Crippen LogP contribution in [0.3, 0.4) is 0 Å². The van der Waals surface area contributed by atoms with E-state index in [0.717, 1.165) is 0 Å². The van der Waals surface area contributed by atoms with Crippen molar-refractivity contribution in [1.82, 2.24) is 13.9 Å². The van der Waals surface area contributed by atoms with Crippen LogP contribution in [-0.4, -0.2) is 32.7 Å². The molecule has 0 N–H and O–H groups in total. The summed E-state index contributed by atoms with van der Waals surface area (Å²) in [6, 6.07) is 26.3. The highest BCUT2D eigenvalue weighted by Gasteiger charge is 2.52. The summed E-state index contributed by atoms with van der Waals surface area (Å²) in [4.78, 5) is 2.44. The molecule has 2 radical (unpaired) electrons. The lowest BCUT2D eigenvalue weighted by Crippen LogP contribution is -2.77. The highest BCUT2D eigenvalue weighted by Crippen LogP contribution is 2.36. The van der Waals surface area contributed by atoms with Gasteiger partial charge >= 0.3 is 13.5 Å². The molecule has 0 aliphatic carbocycles. The molecule has 0 amide bonds. The van der Waals surface area contributed by atoms with Crippen LogP contribution in [0.5, 0.6) is 0 Å². The molecule has 0 spiro atoms. The minimum Gasteiger partial charge on any atom is -0.342 e. The fourth-order valence-electron chi connectivity index (χ4n) is 5.96. The van der Waals surface area contributed by atoms with E-state index < -0.39 is 0 Å². The monoisotopic (exact) mass is 533 g/mol. The number of aromatic nitrogens is 4. The van der Waals surface area contributed by atoms with Gasteiger partial charge in [-0.05, 0) is 65.8 Å². The number of rotatable bonds is 3. The molecule has 0 bridgehead atoms. The minimum absolute atomic E-state index is 0.0798. The summed E-state index contributed by atoms with van der Waals surface area (Å²) in [7, 11) is -0.185. The number of nitrogens with zero attached hydrogens (tertiary/aromatic N) is 6. The van der Waals surface area contributed by atoms with Gasteiger partial charge in [-0.1, -0.05) is 36.4 Å². The molecule has 3 heterocycles. The Labute approximate surface area is 238 Å². The van der Waals surface area contributed by atoms with Crippen LogP contribution in [0.1, 0.15) is 62.3 Å². The Bertz CT molecular complexity index is 1680. The molecule has 2 aromatic heterocycles. The molecule has 0 atom stereocenters. The lowest BCUT2D eigenvalue weighted by Gasteiger charge is -2.18. The van der Waals surface area contributed by atoms with Gasteiger partial charge in [0, 0.05) is 32.9 Å². The van der Waals surface area contributed by atoms with Crippen molar-refractivity contribution in [2.24, 2.45) is 0 Å². The molecule has 6 nitrogen and oxygen atoms in total. The molecular weight excluding hydrogens is 491 g/mol. The molecule has 40 heavy (non-hydrogen) atoms. The molecule has 1 aliphatic heterocycles. The van der Waals surface area contributed by atoms with E-state index in [-0.39, 0.29) is 23.7 Å². The molecule has 0 fully saturated rings. The molecule has 0 saturated carbocycles. The third kappa shape index (κ3) is 4.19. The zero-order valence-corrected chi connectivity index (χ0v) is 25.4. The van der Waals surface area contributed by atoms with Crippen molar-refractivity contribution in [3.63, 3.8) is 0 Å². The van der Waals surface area contributed by atoms with Crippen molar-refractivity contribution in [3.8, 4) is 0 Å². The van der Waals surface area contributed by atoms with E-state index in [2.05, 4.69) is 182 Å². The Morgan fingerprint density at radius 2 is 0.975 bits per heavy atom. The number of benzene rings is 3. The van der Waals surface area contributed by atoms with Crippen molar-refractivity contribution in [1.29, 1.82) is 0 Å². The largest absolute Gasteiger partial charge is 0.678 e. The average Bonchev–Trinajstić information content (AvgIpc) is 3.57. The van der Waals surface area contributed by atoms with Gasteiger partial charge in [0.05, 0.1) is 0 Å². The van der Waals surface area contributed by atoms with Gasteiger partial charge in [-0.2, -0.15) is 4.81 Å². The topological polar surface area (TPSA) is 26.5 Å². The lowest BCUT2D eigenvalue weighted by molar-refractivity contribution is -0.652. The molecule has 0 saturated heterocycles. The summed E-state index contributed by atoms with van der Waals surface area (Å²) in [5, 5.41) is 0. The summed E-state index contributed by atoms with van der Waals surface area (Å²) < 4.78 is 12.1. The van der Waals surface area contributed by atoms with E-state index in [4.69, 9.17) is 0 Å². The first-order valence-electron chi connectivity index (χ1n) is 14.3. The van der Waals surface area contributed by atoms with Crippen molar-refractivity contribution >= 4 is 46.9 Å². The fraction of sp³-hybridized carbons (Fsp3) is 0.364. The molecule has 0 unspecified atom stereocenters. The predicted octanol–water partition coefficient (Wildman–Crippen LogP) is 6.02. The number of imidazole rings is 2. The molecule has 3 aromatic carbocycles. The number of anilines is 1. The normalized spacial score (nSPS) is 14.9. The van der Waals surface area contributed by atoms with Crippen molar-refractivity contribution in [2.45, 2.75) is 78.9 Å². The SMILES string of the molecule is CC(C)(C)n1c[n+]([B-]([N+]2C=[N+](C(C)(C)C)c3ccccc32)[n+]2cn(C(C)(C)C)c3ccccc32)c2ccccc21. The van der Waals surface area contributed by atoms with E-state index in [1.165, 1.54) is 33.4 Å². The second kappa shape index (κ2) is 8.90. The number of hydrogen-bond donors (Lipinski definition) is 0. The van der Waals surface area contributed by atoms with E-state index in [1.54, 1.807) is 0 Å². The summed E-state index contributed by atoms with van der Waals surface area (Å²) in [5.41, 5.74) is 7.02. The van der Waals surface area contributed by atoms with E-state index in [0.29, 0.717) is 0 Å². The summed E-state index contributed by atoms with van der Waals surface area (Å²) in [6.07, 6.45) is 6.92. The van der Waals surface area contributed by atoms with Crippen molar-refractivity contribution < 1.29 is 13.5 Å². The average molecular weight is 534 g/mol. The Balaban J connectivity index is 1.72. The quantitative estimate of drug-likeness (QED) is 0.200. The van der Waals surface area contributed by atoms with Gasteiger partial charge in [-0.3, -0.25) is 0 Å². The van der Waals surface area contributed by atoms with Crippen LogP contribution in [0.15, 0.2) is 85.5 Å². The van der Waals surface area contributed by atoms with Gasteiger partial charge in [-0.15, -0.1) is 4.58 Å². The first kappa shape index (κ1) is 26.5. The molecule has 6 rings (SSSR count).